The first-order valence-corrected chi connectivity index (χ1v) is 8.71. The minimum Gasteiger partial charge on any atom is -0.497 e. The van der Waals surface area contributed by atoms with E-state index in [4.69, 9.17) is 9.47 Å². The molecule has 1 heterocycles. The highest BCUT2D eigenvalue weighted by atomic mass is 16.5. The smallest absolute Gasteiger partial charge is 0.222 e. The number of carbonyl (C=O) groups is 1. The fourth-order valence-electron chi connectivity index (χ4n) is 3.17. The Morgan fingerprint density at radius 3 is 2.60 bits per heavy atom. The summed E-state index contributed by atoms with van der Waals surface area (Å²) < 4.78 is 11.1. The minimum atomic E-state index is 0.0739. The molecule has 0 spiro atoms. The number of likely N-dealkylation sites (N-methyl/N-ethyl adjacent to an activating group) is 1. The van der Waals surface area contributed by atoms with Crippen LogP contribution in [0.15, 0.2) is 48.5 Å². The Hall–Kier alpha value is -2.33. The molecule has 2 aromatic carbocycles. The molecule has 0 aromatic heterocycles. The van der Waals surface area contributed by atoms with E-state index in [1.807, 2.05) is 37.4 Å². The number of hydrogen-bond acceptors (Lipinski definition) is 3. The van der Waals surface area contributed by atoms with Gasteiger partial charge in [0.2, 0.25) is 5.91 Å². The van der Waals surface area contributed by atoms with E-state index in [1.165, 1.54) is 11.1 Å². The first kappa shape index (κ1) is 17.5. The van der Waals surface area contributed by atoms with Gasteiger partial charge in [0.1, 0.15) is 5.75 Å². The third-order valence-corrected chi connectivity index (χ3v) is 4.73. The fourth-order valence-corrected chi connectivity index (χ4v) is 3.17. The van der Waals surface area contributed by atoms with E-state index in [0.717, 1.165) is 24.2 Å². The Morgan fingerprint density at radius 1 is 1.16 bits per heavy atom. The maximum atomic E-state index is 12.4. The summed E-state index contributed by atoms with van der Waals surface area (Å²) in [4.78, 5) is 14.2. The molecule has 1 aliphatic heterocycles. The van der Waals surface area contributed by atoms with Gasteiger partial charge < -0.3 is 14.4 Å². The Morgan fingerprint density at radius 2 is 1.88 bits per heavy atom. The van der Waals surface area contributed by atoms with Gasteiger partial charge in [-0.25, -0.2) is 0 Å². The molecule has 25 heavy (non-hydrogen) atoms. The molecule has 1 atom stereocenters. The molecule has 0 saturated carbocycles. The van der Waals surface area contributed by atoms with Crippen LogP contribution in [0.5, 0.6) is 5.75 Å². The van der Waals surface area contributed by atoms with Crippen LogP contribution in [0.4, 0.5) is 0 Å². The maximum Gasteiger partial charge on any atom is 0.222 e. The minimum absolute atomic E-state index is 0.0739. The summed E-state index contributed by atoms with van der Waals surface area (Å²) in [5.41, 5.74) is 3.73. The standard InChI is InChI=1S/C21H25NO3/c1-22(14-20-13-17-5-3-4-6-18(17)15-25-20)21(23)12-9-16-7-10-19(24-2)11-8-16/h3-8,10-11,20H,9,12-15H2,1-2H3. The van der Waals surface area contributed by atoms with E-state index in [0.29, 0.717) is 19.6 Å². The largest absolute Gasteiger partial charge is 0.497 e. The molecule has 0 N–H and O–H groups in total. The summed E-state index contributed by atoms with van der Waals surface area (Å²) in [7, 11) is 3.51. The molecule has 1 aliphatic rings. The second kappa shape index (κ2) is 8.17. The molecular formula is C21H25NO3. The van der Waals surface area contributed by atoms with Crippen LogP contribution in [0.2, 0.25) is 0 Å². The monoisotopic (exact) mass is 339 g/mol. The topological polar surface area (TPSA) is 38.8 Å². The number of carbonyl (C=O) groups excluding carboxylic acids is 1. The second-order valence-electron chi connectivity index (χ2n) is 6.53. The molecule has 0 radical (unpaired) electrons. The predicted molar refractivity (Wildman–Crippen MR) is 97.7 cm³/mol. The lowest BCUT2D eigenvalue weighted by molar-refractivity contribution is -0.132. The van der Waals surface area contributed by atoms with Crippen LogP contribution in [-0.4, -0.2) is 37.6 Å². The number of benzene rings is 2. The van der Waals surface area contributed by atoms with Crippen molar-refractivity contribution in [3.05, 3.63) is 65.2 Å². The lowest BCUT2D eigenvalue weighted by Gasteiger charge is -2.29. The first-order valence-electron chi connectivity index (χ1n) is 8.71. The Labute approximate surface area is 149 Å². The zero-order chi connectivity index (χ0) is 17.6. The van der Waals surface area contributed by atoms with Crippen molar-refractivity contribution in [1.29, 1.82) is 0 Å². The van der Waals surface area contributed by atoms with Gasteiger partial charge in [-0.3, -0.25) is 4.79 Å². The lowest BCUT2D eigenvalue weighted by Crippen LogP contribution is -2.38. The molecule has 2 aromatic rings. The van der Waals surface area contributed by atoms with Gasteiger partial charge >= 0.3 is 0 Å². The molecular weight excluding hydrogens is 314 g/mol. The molecule has 1 unspecified atom stereocenters. The van der Waals surface area contributed by atoms with Crippen LogP contribution >= 0.6 is 0 Å². The summed E-state index contributed by atoms with van der Waals surface area (Å²) in [5, 5.41) is 0. The number of ether oxygens (including phenoxy) is 2. The average molecular weight is 339 g/mol. The van der Waals surface area contributed by atoms with E-state index in [1.54, 1.807) is 12.0 Å². The van der Waals surface area contributed by atoms with Crippen molar-refractivity contribution in [1.82, 2.24) is 4.90 Å². The van der Waals surface area contributed by atoms with Crippen LogP contribution in [0, 0.1) is 0 Å². The highest BCUT2D eigenvalue weighted by Gasteiger charge is 2.21. The third-order valence-electron chi connectivity index (χ3n) is 4.73. The number of hydrogen-bond donors (Lipinski definition) is 0. The van der Waals surface area contributed by atoms with Crippen LogP contribution in [0.25, 0.3) is 0 Å². The van der Waals surface area contributed by atoms with E-state index in [-0.39, 0.29) is 12.0 Å². The molecule has 0 aliphatic carbocycles. The molecule has 4 heteroatoms. The van der Waals surface area contributed by atoms with Gasteiger partial charge in [0.05, 0.1) is 19.8 Å². The SMILES string of the molecule is COc1ccc(CCC(=O)N(C)CC2Cc3ccccc3CO2)cc1. The van der Waals surface area contributed by atoms with Crippen LogP contribution in [0.3, 0.4) is 0 Å². The van der Waals surface area contributed by atoms with Gasteiger partial charge in [0.15, 0.2) is 0 Å². The van der Waals surface area contributed by atoms with Crippen LogP contribution in [0.1, 0.15) is 23.1 Å². The number of nitrogens with zero attached hydrogens (tertiary/aromatic N) is 1. The Bertz CT molecular complexity index is 711. The van der Waals surface area contributed by atoms with Crippen LogP contribution < -0.4 is 4.74 Å². The van der Waals surface area contributed by atoms with Gasteiger partial charge in [-0.1, -0.05) is 36.4 Å². The van der Waals surface area contributed by atoms with Crippen molar-refractivity contribution >= 4 is 5.91 Å². The van der Waals surface area contributed by atoms with E-state index >= 15 is 0 Å². The molecule has 1 amide bonds. The van der Waals surface area contributed by atoms with Crippen molar-refractivity contribution in [2.45, 2.75) is 32.0 Å². The normalized spacial score (nSPS) is 16.2. The lowest BCUT2D eigenvalue weighted by atomic mass is 9.99. The number of aryl methyl sites for hydroxylation is 1. The Balaban J connectivity index is 1.47. The summed E-state index contributed by atoms with van der Waals surface area (Å²) in [6, 6.07) is 16.2. The first-order chi connectivity index (χ1) is 12.2. The van der Waals surface area contributed by atoms with Gasteiger partial charge in [0.25, 0.3) is 0 Å². The quantitative estimate of drug-likeness (QED) is 0.811. The van der Waals surface area contributed by atoms with Gasteiger partial charge in [-0.15, -0.1) is 0 Å². The van der Waals surface area contributed by atoms with E-state index in [9.17, 15) is 4.79 Å². The van der Waals surface area contributed by atoms with Crippen molar-refractivity contribution < 1.29 is 14.3 Å². The number of amides is 1. The number of rotatable bonds is 6. The maximum absolute atomic E-state index is 12.4. The van der Waals surface area contributed by atoms with E-state index < -0.39 is 0 Å². The van der Waals surface area contributed by atoms with Gasteiger partial charge in [-0.2, -0.15) is 0 Å². The van der Waals surface area contributed by atoms with Gasteiger partial charge in [0, 0.05) is 26.4 Å². The fraction of sp³-hybridized carbons (Fsp3) is 0.381. The predicted octanol–water partition coefficient (Wildman–Crippen LogP) is 3.23. The summed E-state index contributed by atoms with van der Waals surface area (Å²) in [6.45, 7) is 1.27. The Kier molecular flexibility index (Phi) is 5.71. The highest BCUT2D eigenvalue weighted by Crippen LogP contribution is 2.21. The molecule has 4 nitrogen and oxygen atoms in total. The average Bonchev–Trinajstić information content (AvgIpc) is 2.66. The highest BCUT2D eigenvalue weighted by molar-refractivity contribution is 5.76. The molecule has 0 bridgehead atoms. The molecule has 132 valence electrons. The van der Waals surface area contributed by atoms with Crippen molar-refractivity contribution in [2.24, 2.45) is 0 Å². The second-order valence-corrected chi connectivity index (χ2v) is 6.53. The zero-order valence-electron chi connectivity index (χ0n) is 14.9. The van der Waals surface area contributed by atoms with Crippen molar-refractivity contribution in [3.63, 3.8) is 0 Å². The van der Waals surface area contributed by atoms with Crippen LogP contribution in [-0.2, 0) is 29.0 Å². The summed E-state index contributed by atoms with van der Waals surface area (Å²) >= 11 is 0. The molecule has 0 saturated heterocycles. The third kappa shape index (κ3) is 4.60. The van der Waals surface area contributed by atoms with E-state index in [2.05, 4.69) is 18.2 Å². The molecule has 3 rings (SSSR count). The van der Waals surface area contributed by atoms with Crippen molar-refractivity contribution in [2.75, 3.05) is 20.7 Å². The summed E-state index contributed by atoms with van der Waals surface area (Å²) in [6.07, 6.45) is 2.18. The summed E-state index contributed by atoms with van der Waals surface area (Å²) in [5.74, 6) is 0.986. The zero-order valence-corrected chi connectivity index (χ0v) is 14.9. The number of methoxy groups -OCH3 is 1. The molecule has 0 fully saturated rings. The van der Waals surface area contributed by atoms with Crippen molar-refractivity contribution in [3.8, 4) is 5.75 Å². The van der Waals surface area contributed by atoms with Gasteiger partial charge in [-0.05, 0) is 35.2 Å². The number of fused-ring (bicyclic) bond motifs is 1.